The number of halogens is 1. The molecular formula is C21H17FN8O2. The van der Waals surface area contributed by atoms with E-state index in [1.807, 2.05) is 18.2 Å². The number of aliphatic hydroxyl groups excluding tert-OH is 1. The third-order valence-electron chi connectivity index (χ3n) is 4.94. The van der Waals surface area contributed by atoms with Crippen LogP contribution in [0.5, 0.6) is 0 Å². The second-order valence-electron chi connectivity index (χ2n) is 7.04. The quantitative estimate of drug-likeness (QED) is 0.408. The molecule has 0 radical (unpaired) electrons. The standard InChI is InChI=1S/C21H17FN8O2/c22-14-11-23-20(25-12-5-6-16-17(9-12)27-21(32)26-16)28-19(14)30(7-2-8-31)18-4-1-3-15-13(18)10-24-29-15/h1,3-6,9-11,31H,2,7-8H2,(H,24,29)(H,23,25,28). The molecule has 160 valence electrons. The van der Waals surface area contributed by atoms with Gasteiger partial charge in [-0.1, -0.05) is 6.07 Å². The first-order valence-electron chi connectivity index (χ1n) is 9.84. The molecule has 5 rings (SSSR count). The summed E-state index contributed by atoms with van der Waals surface area (Å²) in [6.45, 7) is 0.271. The number of amides is 2. The van der Waals surface area contributed by atoms with Crippen LogP contribution in [0.4, 0.5) is 32.3 Å². The SMILES string of the molecule is O=C1N=c2ccc(Nc3ncc(F)c(N(CCCO)c4cccc5[nH]ncc45)n3)cc2=N1. The van der Waals surface area contributed by atoms with E-state index < -0.39 is 11.8 Å². The summed E-state index contributed by atoms with van der Waals surface area (Å²) in [5.74, 6) is -0.390. The van der Waals surface area contributed by atoms with Gasteiger partial charge in [-0.3, -0.25) is 5.10 Å². The van der Waals surface area contributed by atoms with Crippen LogP contribution in [-0.4, -0.2) is 44.5 Å². The van der Waals surface area contributed by atoms with Gasteiger partial charge < -0.3 is 15.3 Å². The lowest BCUT2D eigenvalue weighted by atomic mass is 10.2. The molecule has 1 aliphatic heterocycles. The molecule has 2 amide bonds. The molecule has 3 N–H and O–H groups in total. The Labute approximate surface area is 180 Å². The van der Waals surface area contributed by atoms with E-state index in [-0.39, 0.29) is 18.4 Å². The van der Waals surface area contributed by atoms with Crippen LogP contribution in [0.1, 0.15) is 6.42 Å². The van der Waals surface area contributed by atoms with Crippen LogP contribution in [0.3, 0.4) is 0 Å². The lowest BCUT2D eigenvalue weighted by molar-refractivity contribution is 0.256. The van der Waals surface area contributed by atoms with Gasteiger partial charge in [-0.25, -0.2) is 14.2 Å². The Bertz CT molecular complexity index is 1450. The van der Waals surface area contributed by atoms with E-state index in [4.69, 9.17) is 0 Å². The number of fused-ring (bicyclic) bond motifs is 2. The predicted octanol–water partition coefficient (Wildman–Crippen LogP) is 2.13. The summed E-state index contributed by atoms with van der Waals surface area (Å²) < 4.78 is 14.9. The van der Waals surface area contributed by atoms with Gasteiger partial charge >= 0.3 is 6.03 Å². The molecule has 3 heterocycles. The molecule has 32 heavy (non-hydrogen) atoms. The zero-order valence-corrected chi connectivity index (χ0v) is 16.7. The lowest BCUT2D eigenvalue weighted by Crippen LogP contribution is -2.23. The van der Waals surface area contributed by atoms with Crippen molar-refractivity contribution in [3.05, 3.63) is 65.3 Å². The molecule has 10 nitrogen and oxygen atoms in total. The molecule has 11 heteroatoms. The minimum absolute atomic E-state index is 0.0562. The molecule has 0 bridgehead atoms. The minimum atomic E-state index is -0.609. The minimum Gasteiger partial charge on any atom is -0.396 e. The van der Waals surface area contributed by atoms with E-state index in [0.717, 1.165) is 17.1 Å². The number of hydrogen-bond donors (Lipinski definition) is 3. The molecule has 0 saturated carbocycles. The lowest BCUT2D eigenvalue weighted by Gasteiger charge is -2.25. The molecule has 0 fully saturated rings. The molecule has 2 aromatic heterocycles. The Morgan fingerprint density at radius 2 is 2.00 bits per heavy atom. The van der Waals surface area contributed by atoms with Crippen molar-refractivity contribution in [3.63, 3.8) is 0 Å². The molecule has 2 aromatic carbocycles. The topological polar surface area (TPSA) is 132 Å². The van der Waals surface area contributed by atoms with Crippen molar-refractivity contribution >= 4 is 40.1 Å². The molecule has 0 aliphatic carbocycles. The normalized spacial score (nSPS) is 12.4. The zero-order chi connectivity index (χ0) is 22.1. The van der Waals surface area contributed by atoms with Crippen LogP contribution in [0.25, 0.3) is 10.9 Å². The van der Waals surface area contributed by atoms with Gasteiger partial charge in [0.05, 0.1) is 34.3 Å². The third-order valence-corrected chi connectivity index (χ3v) is 4.94. The summed E-state index contributed by atoms with van der Waals surface area (Å²) in [6.07, 6.45) is 3.16. The number of carbonyl (C=O) groups excluding carboxylic acids is 1. The van der Waals surface area contributed by atoms with E-state index in [0.29, 0.717) is 35.1 Å². The van der Waals surface area contributed by atoms with E-state index in [1.54, 1.807) is 29.3 Å². The zero-order valence-electron chi connectivity index (χ0n) is 16.7. The average molecular weight is 432 g/mol. The van der Waals surface area contributed by atoms with Crippen molar-refractivity contribution in [3.8, 4) is 0 Å². The highest BCUT2D eigenvalue weighted by Gasteiger charge is 2.19. The number of aromatic amines is 1. The number of hydrogen-bond acceptors (Lipinski definition) is 7. The van der Waals surface area contributed by atoms with E-state index in [9.17, 15) is 14.3 Å². The Morgan fingerprint density at radius 1 is 1.12 bits per heavy atom. The summed E-state index contributed by atoms with van der Waals surface area (Å²) in [5.41, 5.74) is 2.07. The highest BCUT2D eigenvalue weighted by molar-refractivity contribution is 5.93. The first-order chi connectivity index (χ1) is 15.6. The fraction of sp³-hybridized carbons (Fsp3) is 0.143. The van der Waals surface area contributed by atoms with Gasteiger partial charge in [-0.05, 0) is 36.8 Å². The Balaban J connectivity index is 1.53. The van der Waals surface area contributed by atoms with Gasteiger partial charge in [0.25, 0.3) is 0 Å². The molecule has 0 atom stereocenters. The molecule has 0 spiro atoms. The Kier molecular flexibility index (Phi) is 5.00. The van der Waals surface area contributed by atoms with Crippen LogP contribution in [0, 0.1) is 5.82 Å². The van der Waals surface area contributed by atoms with Gasteiger partial charge in [0, 0.05) is 24.2 Å². The number of nitrogens with one attached hydrogen (secondary N) is 2. The number of rotatable bonds is 7. The van der Waals surface area contributed by atoms with Crippen molar-refractivity contribution in [2.75, 3.05) is 23.4 Å². The molecule has 0 unspecified atom stereocenters. The number of benzene rings is 2. The van der Waals surface area contributed by atoms with Gasteiger partial charge in [0.1, 0.15) is 0 Å². The molecular weight excluding hydrogens is 415 g/mol. The number of anilines is 4. The van der Waals surface area contributed by atoms with E-state index >= 15 is 0 Å². The smallest absolute Gasteiger partial charge is 0.368 e. The van der Waals surface area contributed by atoms with Crippen molar-refractivity contribution in [2.45, 2.75) is 6.42 Å². The van der Waals surface area contributed by atoms with Crippen LogP contribution in [0.15, 0.2) is 58.8 Å². The number of urea groups is 1. The number of carbonyl (C=O) groups is 1. The van der Waals surface area contributed by atoms with Crippen LogP contribution in [-0.2, 0) is 0 Å². The first-order valence-corrected chi connectivity index (χ1v) is 9.84. The number of H-pyrrole nitrogens is 1. The van der Waals surface area contributed by atoms with Crippen molar-refractivity contribution in [1.29, 1.82) is 0 Å². The first kappa shape index (κ1) is 19.7. The number of nitrogens with zero attached hydrogens (tertiary/aromatic N) is 6. The van der Waals surface area contributed by atoms with Crippen LogP contribution in [0.2, 0.25) is 0 Å². The van der Waals surface area contributed by atoms with Gasteiger partial charge in [0.2, 0.25) is 5.95 Å². The maximum atomic E-state index is 14.9. The van der Waals surface area contributed by atoms with Crippen LogP contribution >= 0.6 is 0 Å². The van der Waals surface area contributed by atoms with Gasteiger partial charge in [0.15, 0.2) is 11.6 Å². The number of aromatic nitrogens is 4. The average Bonchev–Trinajstić information content (AvgIpc) is 3.41. The number of aliphatic hydroxyl groups is 1. The fourth-order valence-corrected chi connectivity index (χ4v) is 3.51. The molecule has 0 saturated heterocycles. The third kappa shape index (κ3) is 3.65. The van der Waals surface area contributed by atoms with Gasteiger partial charge in [-0.15, -0.1) is 0 Å². The maximum Gasteiger partial charge on any atom is 0.368 e. The van der Waals surface area contributed by atoms with Crippen molar-refractivity contribution < 1.29 is 14.3 Å². The highest BCUT2D eigenvalue weighted by atomic mass is 19.1. The molecule has 4 aromatic rings. The maximum absolute atomic E-state index is 14.9. The summed E-state index contributed by atoms with van der Waals surface area (Å²) in [4.78, 5) is 29.1. The summed E-state index contributed by atoms with van der Waals surface area (Å²) in [5, 5.41) is 21.1. The largest absolute Gasteiger partial charge is 0.396 e. The summed E-state index contributed by atoms with van der Waals surface area (Å²) in [6, 6.07) is 10.0. The summed E-state index contributed by atoms with van der Waals surface area (Å²) >= 11 is 0. The Hall–Kier alpha value is -4.25. The van der Waals surface area contributed by atoms with E-state index in [2.05, 4.69) is 35.5 Å². The highest BCUT2D eigenvalue weighted by Crippen LogP contribution is 2.32. The monoisotopic (exact) mass is 432 g/mol. The second kappa shape index (κ2) is 8.12. The fourth-order valence-electron chi connectivity index (χ4n) is 3.51. The Morgan fingerprint density at radius 3 is 2.88 bits per heavy atom. The van der Waals surface area contributed by atoms with Crippen molar-refractivity contribution in [2.24, 2.45) is 9.98 Å². The van der Waals surface area contributed by atoms with E-state index in [1.165, 1.54) is 0 Å². The van der Waals surface area contributed by atoms with Crippen LogP contribution < -0.4 is 20.9 Å². The predicted molar refractivity (Wildman–Crippen MR) is 114 cm³/mol. The molecule has 1 aliphatic rings. The van der Waals surface area contributed by atoms with Gasteiger partial charge in [-0.2, -0.15) is 20.1 Å². The summed E-state index contributed by atoms with van der Waals surface area (Å²) in [7, 11) is 0. The van der Waals surface area contributed by atoms with Crippen molar-refractivity contribution in [1.82, 2.24) is 20.2 Å². The second-order valence-corrected chi connectivity index (χ2v) is 7.04.